The number of carbonyl (C=O) groups is 1. The van der Waals surface area contributed by atoms with Crippen LogP contribution < -0.4 is 0 Å². The van der Waals surface area contributed by atoms with Crippen LogP contribution in [0.4, 0.5) is 0 Å². The first-order chi connectivity index (χ1) is 9.69. The summed E-state index contributed by atoms with van der Waals surface area (Å²) in [6.07, 6.45) is 2.37. The Kier molecular flexibility index (Phi) is 4.97. The van der Waals surface area contributed by atoms with E-state index in [9.17, 15) is 4.79 Å². The van der Waals surface area contributed by atoms with Gasteiger partial charge >= 0.3 is 5.97 Å². The summed E-state index contributed by atoms with van der Waals surface area (Å²) in [5.41, 5.74) is 2.60. The maximum absolute atomic E-state index is 11.9. The van der Waals surface area contributed by atoms with E-state index in [2.05, 4.69) is 0 Å². The van der Waals surface area contributed by atoms with Crippen molar-refractivity contribution in [3.8, 4) is 0 Å². The van der Waals surface area contributed by atoms with Gasteiger partial charge in [0.1, 0.15) is 0 Å². The Morgan fingerprint density at radius 2 is 1.75 bits per heavy atom. The van der Waals surface area contributed by atoms with E-state index in [4.69, 9.17) is 16.3 Å². The van der Waals surface area contributed by atoms with Crippen molar-refractivity contribution >= 4 is 23.6 Å². The minimum atomic E-state index is -0.316. The van der Waals surface area contributed by atoms with Gasteiger partial charge in [0.15, 0.2) is 0 Å². The fourth-order valence-electron chi connectivity index (χ4n) is 1.89. The molecule has 0 aromatic heterocycles. The number of hydrogen-bond acceptors (Lipinski definition) is 2. The SMILES string of the molecule is COC(=O)/C(=C\c1ccc(Cl)cc1)Cc1ccccc1. The van der Waals surface area contributed by atoms with E-state index in [0.29, 0.717) is 17.0 Å². The third-order valence-corrected chi connectivity index (χ3v) is 3.15. The van der Waals surface area contributed by atoms with Gasteiger partial charge in [-0.2, -0.15) is 0 Å². The van der Waals surface area contributed by atoms with Crippen molar-refractivity contribution in [1.82, 2.24) is 0 Å². The van der Waals surface area contributed by atoms with Gasteiger partial charge in [-0.1, -0.05) is 54.1 Å². The summed E-state index contributed by atoms with van der Waals surface area (Å²) in [5, 5.41) is 0.671. The first kappa shape index (κ1) is 14.4. The van der Waals surface area contributed by atoms with E-state index in [0.717, 1.165) is 11.1 Å². The lowest BCUT2D eigenvalue weighted by atomic mass is 10.0. The van der Waals surface area contributed by atoms with E-state index in [-0.39, 0.29) is 5.97 Å². The molecule has 3 heteroatoms. The van der Waals surface area contributed by atoms with Crippen LogP contribution in [0.5, 0.6) is 0 Å². The highest BCUT2D eigenvalue weighted by atomic mass is 35.5. The Hall–Kier alpha value is -2.06. The molecule has 0 amide bonds. The summed E-state index contributed by atoms with van der Waals surface area (Å²) in [6.45, 7) is 0. The van der Waals surface area contributed by atoms with Gasteiger partial charge in [0.05, 0.1) is 7.11 Å². The van der Waals surface area contributed by atoms with Gasteiger partial charge < -0.3 is 4.74 Å². The summed E-state index contributed by atoms with van der Waals surface area (Å²) in [4.78, 5) is 11.9. The quantitative estimate of drug-likeness (QED) is 0.624. The summed E-state index contributed by atoms with van der Waals surface area (Å²) in [6, 6.07) is 17.2. The van der Waals surface area contributed by atoms with Gasteiger partial charge in [-0.25, -0.2) is 4.79 Å². The monoisotopic (exact) mass is 286 g/mol. The van der Waals surface area contributed by atoms with Gasteiger partial charge in [-0.05, 0) is 29.3 Å². The van der Waals surface area contributed by atoms with Crippen molar-refractivity contribution in [1.29, 1.82) is 0 Å². The smallest absolute Gasteiger partial charge is 0.334 e. The van der Waals surface area contributed by atoms with E-state index in [1.807, 2.05) is 48.5 Å². The summed E-state index contributed by atoms with van der Waals surface area (Å²) in [5.74, 6) is -0.316. The number of carbonyl (C=O) groups excluding carboxylic acids is 1. The lowest BCUT2D eigenvalue weighted by Crippen LogP contribution is -2.07. The van der Waals surface area contributed by atoms with Crippen LogP contribution in [0.2, 0.25) is 5.02 Å². The van der Waals surface area contributed by atoms with E-state index >= 15 is 0 Å². The molecule has 20 heavy (non-hydrogen) atoms. The number of halogens is 1. The van der Waals surface area contributed by atoms with Crippen molar-refractivity contribution in [2.75, 3.05) is 7.11 Å². The molecule has 0 aliphatic heterocycles. The van der Waals surface area contributed by atoms with Crippen molar-refractivity contribution in [2.45, 2.75) is 6.42 Å². The molecular formula is C17H15ClO2. The largest absolute Gasteiger partial charge is 0.466 e. The Balaban J connectivity index is 2.28. The maximum atomic E-state index is 11.9. The van der Waals surface area contributed by atoms with Crippen LogP contribution >= 0.6 is 11.6 Å². The van der Waals surface area contributed by atoms with Crippen LogP contribution in [0.3, 0.4) is 0 Å². The molecule has 0 saturated carbocycles. The average Bonchev–Trinajstić information content (AvgIpc) is 2.49. The molecule has 0 spiro atoms. The molecule has 0 heterocycles. The van der Waals surface area contributed by atoms with Crippen molar-refractivity contribution in [2.24, 2.45) is 0 Å². The summed E-state index contributed by atoms with van der Waals surface area (Å²) in [7, 11) is 1.39. The Morgan fingerprint density at radius 1 is 1.10 bits per heavy atom. The van der Waals surface area contributed by atoms with Gasteiger partial charge in [-0.15, -0.1) is 0 Å². The van der Waals surface area contributed by atoms with Crippen molar-refractivity contribution < 1.29 is 9.53 Å². The standard InChI is InChI=1S/C17H15ClO2/c1-20-17(19)15(11-13-5-3-2-4-6-13)12-14-7-9-16(18)10-8-14/h2-10,12H,11H2,1H3/b15-12-. The van der Waals surface area contributed by atoms with Gasteiger partial charge in [0, 0.05) is 17.0 Å². The second-order valence-electron chi connectivity index (χ2n) is 4.38. The Labute approximate surface area is 123 Å². The van der Waals surface area contributed by atoms with Crippen LogP contribution in [-0.2, 0) is 16.0 Å². The molecule has 0 radical (unpaired) electrons. The third kappa shape index (κ3) is 3.97. The third-order valence-electron chi connectivity index (χ3n) is 2.90. The molecular weight excluding hydrogens is 272 g/mol. The molecule has 0 aliphatic rings. The van der Waals surface area contributed by atoms with E-state index < -0.39 is 0 Å². The minimum absolute atomic E-state index is 0.316. The first-order valence-electron chi connectivity index (χ1n) is 6.27. The number of methoxy groups -OCH3 is 1. The zero-order valence-corrected chi connectivity index (χ0v) is 11.9. The minimum Gasteiger partial charge on any atom is -0.466 e. The van der Waals surface area contributed by atoms with Gasteiger partial charge in [0.2, 0.25) is 0 Å². The van der Waals surface area contributed by atoms with Crippen LogP contribution in [-0.4, -0.2) is 13.1 Å². The van der Waals surface area contributed by atoms with Crippen molar-refractivity contribution in [3.05, 3.63) is 76.3 Å². The normalized spacial score (nSPS) is 11.2. The average molecular weight is 287 g/mol. The lowest BCUT2D eigenvalue weighted by Gasteiger charge is -2.06. The van der Waals surface area contributed by atoms with Crippen LogP contribution in [0.25, 0.3) is 6.08 Å². The fourth-order valence-corrected chi connectivity index (χ4v) is 2.02. The molecule has 2 aromatic carbocycles. The molecule has 2 nitrogen and oxygen atoms in total. The van der Waals surface area contributed by atoms with Crippen LogP contribution in [0.1, 0.15) is 11.1 Å². The molecule has 2 rings (SSSR count). The highest BCUT2D eigenvalue weighted by molar-refractivity contribution is 6.30. The number of esters is 1. The fraction of sp³-hybridized carbons (Fsp3) is 0.118. The predicted molar refractivity (Wildman–Crippen MR) is 81.6 cm³/mol. The van der Waals surface area contributed by atoms with Crippen molar-refractivity contribution in [3.63, 3.8) is 0 Å². The maximum Gasteiger partial charge on any atom is 0.334 e. The van der Waals surface area contributed by atoms with E-state index in [1.165, 1.54) is 7.11 Å². The molecule has 0 fully saturated rings. The highest BCUT2D eigenvalue weighted by Gasteiger charge is 2.10. The molecule has 2 aromatic rings. The number of rotatable bonds is 4. The molecule has 0 atom stereocenters. The second-order valence-corrected chi connectivity index (χ2v) is 4.81. The molecule has 102 valence electrons. The van der Waals surface area contributed by atoms with E-state index in [1.54, 1.807) is 12.1 Å². The highest BCUT2D eigenvalue weighted by Crippen LogP contribution is 2.16. The number of hydrogen-bond donors (Lipinski definition) is 0. The Morgan fingerprint density at radius 3 is 2.35 bits per heavy atom. The van der Waals surface area contributed by atoms with Gasteiger partial charge in [0.25, 0.3) is 0 Å². The van der Waals surface area contributed by atoms with Crippen LogP contribution in [0.15, 0.2) is 60.2 Å². The van der Waals surface area contributed by atoms with Crippen LogP contribution in [0, 0.1) is 0 Å². The topological polar surface area (TPSA) is 26.3 Å². The molecule has 0 saturated heterocycles. The lowest BCUT2D eigenvalue weighted by molar-refractivity contribution is -0.136. The zero-order chi connectivity index (χ0) is 14.4. The second kappa shape index (κ2) is 6.92. The first-order valence-corrected chi connectivity index (χ1v) is 6.65. The predicted octanol–water partition coefficient (Wildman–Crippen LogP) is 4.14. The Bertz CT molecular complexity index is 601. The summed E-state index contributed by atoms with van der Waals surface area (Å²) < 4.78 is 4.85. The molecule has 0 bridgehead atoms. The molecule has 0 aliphatic carbocycles. The summed E-state index contributed by atoms with van der Waals surface area (Å²) >= 11 is 5.86. The number of benzene rings is 2. The molecule has 0 unspecified atom stereocenters. The zero-order valence-electron chi connectivity index (χ0n) is 11.2. The van der Waals surface area contributed by atoms with Gasteiger partial charge in [-0.3, -0.25) is 0 Å². The number of ether oxygens (including phenoxy) is 1. The molecule has 0 N–H and O–H groups in total.